The van der Waals surface area contributed by atoms with Crippen molar-refractivity contribution in [1.82, 2.24) is 4.72 Å². The molecule has 1 aromatic rings. The lowest BCUT2D eigenvalue weighted by Crippen LogP contribution is -2.28. The molecule has 0 aliphatic heterocycles. The third kappa shape index (κ3) is 5.15. The molecule has 0 saturated carbocycles. The van der Waals surface area contributed by atoms with Crippen molar-refractivity contribution in [3.05, 3.63) is 24.3 Å². The summed E-state index contributed by atoms with van der Waals surface area (Å²) < 4.78 is 36.1. The molecule has 1 unspecified atom stereocenters. The average molecular weight is 289 g/mol. The molecule has 0 aliphatic carbocycles. The molecule has 0 saturated heterocycles. The van der Waals surface area contributed by atoms with Gasteiger partial charge in [0.1, 0.15) is 5.75 Å². The second-order valence-electron chi connectivity index (χ2n) is 3.97. The summed E-state index contributed by atoms with van der Waals surface area (Å²) in [4.78, 5) is 0.132. The van der Waals surface area contributed by atoms with E-state index in [1.54, 1.807) is 12.1 Å². The number of benzene rings is 1. The number of hydrogen-bond donors (Lipinski definition) is 2. The molecule has 1 aromatic carbocycles. The number of sulfonamides is 1. The van der Waals surface area contributed by atoms with Crippen LogP contribution in [0.25, 0.3) is 0 Å². The van der Waals surface area contributed by atoms with Gasteiger partial charge in [-0.15, -0.1) is 0 Å². The molecule has 2 N–H and O–H groups in total. The molecular formula is C12H19NO5S. The maximum Gasteiger partial charge on any atom is 0.240 e. The summed E-state index contributed by atoms with van der Waals surface area (Å²) >= 11 is 0. The van der Waals surface area contributed by atoms with Gasteiger partial charge in [0.2, 0.25) is 10.0 Å². The minimum Gasteiger partial charge on any atom is -0.497 e. The summed E-state index contributed by atoms with van der Waals surface area (Å²) in [5, 5.41) is 9.42. The molecule has 0 spiro atoms. The summed E-state index contributed by atoms with van der Waals surface area (Å²) in [5.74, 6) is 0.474. The van der Waals surface area contributed by atoms with E-state index in [0.717, 1.165) is 0 Å². The first-order chi connectivity index (χ1) is 8.99. The van der Waals surface area contributed by atoms with E-state index in [0.29, 0.717) is 5.75 Å². The van der Waals surface area contributed by atoms with Crippen molar-refractivity contribution in [2.75, 3.05) is 27.4 Å². The number of ether oxygens (including phenoxy) is 2. The monoisotopic (exact) mass is 289 g/mol. The third-order valence-electron chi connectivity index (χ3n) is 2.48. The van der Waals surface area contributed by atoms with Crippen LogP contribution in [-0.4, -0.2) is 47.0 Å². The predicted molar refractivity (Wildman–Crippen MR) is 70.7 cm³/mol. The van der Waals surface area contributed by atoms with E-state index in [1.165, 1.54) is 26.4 Å². The highest BCUT2D eigenvalue weighted by atomic mass is 32.2. The lowest BCUT2D eigenvalue weighted by atomic mass is 10.3. The number of aliphatic hydroxyl groups excluding tert-OH is 1. The average Bonchev–Trinajstić information content (AvgIpc) is 2.39. The molecule has 0 radical (unpaired) electrons. The van der Waals surface area contributed by atoms with Gasteiger partial charge in [-0.25, -0.2) is 13.1 Å². The Morgan fingerprint density at radius 1 is 1.37 bits per heavy atom. The Kier molecular flexibility index (Phi) is 6.23. The second-order valence-corrected chi connectivity index (χ2v) is 5.74. The molecule has 1 rings (SSSR count). The largest absolute Gasteiger partial charge is 0.497 e. The van der Waals surface area contributed by atoms with Gasteiger partial charge in [0, 0.05) is 19.7 Å². The summed E-state index contributed by atoms with van der Waals surface area (Å²) in [5.41, 5.74) is 0. The van der Waals surface area contributed by atoms with Crippen LogP contribution in [0.3, 0.4) is 0 Å². The fraction of sp³-hybridized carbons (Fsp3) is 0.500. The Hall–Kier alpha value is -1.15. The van der Waals surface area contributed by atoms with Crippen LogP contribution < -0.4 is 9.46 Å². The molecule has 0 amide bonds. The first kappa shape index (κ1) is 15.9. The fourth-order valence-electron chi connectivity index (χ4n) is 1.49. The van der Waals surface area contributed by atoms with Crippen LogP contribution in [0.2, 0.25) is 0 Å². The van der Waals surface area contributed by atoms with E-state index in [1.807, 2.05) is 0 Å². The molecule has 0 fully saturated rings. The molecule has 19 heavy (non-hydrogen) atoms. The molecule has 0 bridgehead atoms. The Bertz CT molecular complexity index is 489. The molecule has 0 aliphatic rings. The van der Waals surface area contributed by atoms with Crippen LogP contribution in [0.1, 0.15) is 6.42 Å². The van der Waals surface area contributed by atoms with Gasteiger partial charge in [-0.1, -0.05) is 6.07 Å². The highest BCUT2D eigenvalue weighted by Gasteiger charge is 2.15. The third-order valence-corrected chi connectivity index (χ3v) is 3.94. The van der Waals surface area contributed by atoms with Crippen LogP contribution >= 0.6 is 0 Å². The summed E-state index contributed by atoms with van der Waals surface area (Å²) in [6, 6.07) is 6.19. The van der Waals surface area contributed by atoms with Gasteiger partial charge in [0.15, 0.2) is 0 Å². The highest BCUT2D eigenvalue weighted by molar-refractivity contribution is 7.89. The zero-order valence-electron chi connectivity index (χ0n) is 11.0. The predicted octanol–water partition coefficient (Wildman–Crippen LogP) is 0.371. The van der Waals surface area contributed by atoms with E-state index in [9.17, 15) is 13.5 Å². The molecule has 6 nitrogen and oxygen atoms in total. The van der Waals surface area contributed by atoms with Crippen molar-refractivity contribution < 1.29 is 23.0 Å². The minimum atomic E-state index is -3.59. The first-order valence-corrected chi connectivity index (χ1v) is 7.28. The standard InChI is InChI=1S/C12H19NO5S/c1-17-9-10(14)6-7-13-19(15,16)12-5-3-4-11(8-12)18-2/h3-5,8,10,13-14H,6-7,9H2,1-2H3. The lowest BCUT2D eigenvalue weighted by molar-refractivity contribution is 0.0603. The summed E-state index contributed by atoms with van der Waals surface area (Å²) in [7, 11) is -0.637. The number of nitrogens with one attached hydrogen (secondary N) is 1. The minimum absolute atomic E-state index is 0.132. The quantitative estimate of drug-likeness (QED) is 0.722. The number of rotatable bonds is 8. The molecule has 0 aromatic heterocycles. The lowest BCUT2D eigenvalue weighted by Gasteiger charge is -2.11. The van der Waals surface area contributed by atoms with Gasteiger partial charge < -0.3 is 14.6 Å². The van der Waals surface area contributed by atoms with Crippen molar-refractivity contribution in [1.29, 1.82) is 0 Å². The Labute approximate surface area is 113 Å². The van der Waals surface area contributed by atoms with Crippen LogP contribution in [0.5, 0.6) is 5.75 Å². The fourth-order valence-corrected chi connectivity index (χ4v) is 2.57. The Morgan fingerprint density at radius 3 is 2.74 bits per heavy atom. The van der Waals surface area contributed by atoms with Crippen molar-refractivity contribution in [3.63, 3.8) is 0 Å². The highest BCUT2D eigenvalue weighted by Crippen LogP contribution is 2.16. The Balaban J connectivity index is 2.60. The maximum atomic E-state index is 12.0. The topological polar surface area (TPSA) is 84.9 Å². The van der Waals surface area contributed by atoms with E-state index in [4.69, 9.17) is 9.47 Å². The van der Waals surface area contributed by atoms with E-state index >= 15 is 0 Å². The van der Waals surface area contributed by atoms with Gasteiger partial charge in [-0.3, -0.25) is 0 Å². The van der Waals surface area contributed by atoms with E-state index in [2.05, 4.69) is 4.72 Å². The molecule has 0 heterocycles. The van der Waals surface area contributed by atoms with Gasteiger partial charge >= 0.3 is 0 Å². The maximum absolute atomic E-state index is 12.0. The van der Waals surface area contributed by atoms with Crippen molar-refractivity contribution in [2.24, 2.45) is 0 Å². The molecular weight excluding hydrogens is 270 g/mol. The van der Waals surface area contributed by atoms with Crippen molar-refractivity contribution in [3.8, 4) is 5.75 Å². The van der Waals surface area contributed by atoms with Crippen LogP contribution in [0.4, 0.5) is 0 Å². The Morgan fingerprint density at radius 2 is 2.11 bits per heavy atom. The van der Waals surface area contributed by atoms with Gasteiger partial charge in [-0.05, 0) is 18.6 Å². The molecule has 7 heteroatoms. The van der Waals surface area contributed by atoms with Gasteiger partial charge in [0.05, 0.1) is 24.7 Å². The van der Waals surface area contributed by atoms with Crippen molar-refractivity contribution >= 4 is 10.0 Å². The van der Waals surface area contributed by atoms with Gasteiger partial charge in [-0.2, -0.15) is 0 Å². The van der Waals surface area contributed by atoms with Crippen LogP contribution in [-0.2, 0) is 14.8 Å². The van der Waals surface area contributed by atoms with Crippen LogP contribution in [0, 0.1) is 0 Å². The zero-order chi connectivity index (χ0) is 14.3. The van der Waals surface area contributed by atoms with E-state index in [-0.39, 0.29) is 24.5 Å². The normalized spacial score (nSPS) is 13.2. The molecule has 108 valence electrons. The zero-order valence-corrected chi connectivity index (χ0v) is 11.8. The number of hydrogen-bond acceptors (Lipinski definition) is 5. The summed E-state index contributed by atoms with van der Waals surface area (Å²) in [6.45, 7) is 0.324. The second kappa shape index (κ2) is 7.44. The number of aliphatic hydroxyl groups is 1. The van der Waals surface area contributed by atoms with Gasteiger partial charge in [0.25, 0.3) is 0 Å². The summed E-state index contributed by atoms with van der Waals surface area (Å²) in [6.07, 6.45) is -0.394. The number of methoxy groups -OCH3 is 2. The van der Waals surface area contributed by atoms with Crippen molar-refractivity contribution in [2.45, 2.75) is 17.4 Å². The van der Waals surface area contributed by atoms with E-state index < -0.39 is 16.1 Å². The SMILES string of the molecule is COCC(O)CCNS(=O)(=O)c1cccc(OC)c1. The smallest absolute Gasteiger partial charge is 0.240 e. The molecule has 1 atom stereocenters. The van der Waals surface area contributed by atoms with Crippen LogP contribution in [0.15, 0.2) is 29.2 Å². The first-order valence-electron chi connectivity index (χ1n) is 5.80.